The zero-order chi connectivity index (χ0) is 20.1. The minimum Gasteiger partial charge on any atom is -0.354 e. The predicted molar refractivity (Wildman–Crippen MR) is 106 cm³/mol. The Balaban J connectivity index is 1.65. The van der Waals surface area contributed by atoms with Crippen LogP contribution in [-0.4, -0.2) is 35.8 Å². The second-order valence-corrected chi connectivity index (χ2v) is 6.42. The molecule has 1 aromatic heterocycles. The zero-order valence-corrected chi connectivity index (χ0v) is 15.7. The van der Waals surface area contributed by atoms with Crippen molar-refractivity contribution in [3.63, 3.8) is 0 Å². The third kappa shape index (κ3) is 4.37. The second-order valence-electron chi connectivity index (χ2n) is 6.42. The van der Waals surface area contributed by atoms with Gasteiger partial charge in [0.2, 0.25) is 0 Å². The summed E-state index contributed by atoms with van der Waals surface area (Å²) in [6.07, 6.45) is 5.36. The van der Waals surface area contributed by atoms with Gasteiger partial charge in [-0.15, -0.1) is 0 Å². The summed E-state index contributed by atoms with van der Waals surface area (Å²) in [5, 5.41) is 5.23. The van der Waals surface area contributed by atoms with Gasteiger partial charge >= 0.3 is 0 Å². The monoisotopic (exact) mass is 376 g/mol. The average molecular weight is 376 g/mol. The van der Waals surface area contributed by atoms with Gasteiger partial charge in [-0.2, -0.15) is 0 Å². The van der Waals surface area contributed by atoms with Crippen LogP contribution in [-0.2, 0) is 16.0 Å². The fourth-order valence-corrected chi connectivity index (χ4v) is 2.82. The third-order valence-corrected chi connectivity index (χ3v) is 4.29. The summed E-state index contributed by atoms with van der Waals surface area (Å²) in [5.74, 6) is -0.777. The molecule has 0 aliphatic carbocycles. The van der Waals surface area contributed by atoms with Crippen LogP contribution in [0.25, 0.3) is 0 Å². The van der Waals surface area contributed by atoms with Crippen LogP contribution >= 0.6 is 0 Å². The summed E-state index contributed by atoms with van der Waals surface area (Å²) >= 11 is 0. The van der Waals surface area contributed by atoms with E-state index in [9.17, 15) is 14.4 Å². The van der Waals surface area contributed by atoms with Crippen LogP contribution in [0.15, 0.2) is 59.0 Å². The number of hydrogen-bond acceptors (Lipinski definition) is 5. The number of aliphatic imine (C=N–C) groups is 1. The molecule has 142 valence electrons. The van der Waals surface area contributed by atoms with Crippen LogP contribution in [0.5, 0.6) is 0 Å². The number of hydrogen-bond donors (Lipinski definition) is 2. The van der Waals surface area contributed by atoms with Gasteiger partial charge in [-0.25, -0.2) is 0 Å². The van der Waals surface area contributed by atoms with Gasteiger partial charge in [0.05, 0.1) is 5.57 Å². The maximum absolute atomic E-state index is 12.4. The maximum atomic E-state index is 12.4. The van der Waals surface area contributed by atoms with E-state index >= 15 is 0 Å². The molecule has 2 amide bonds. The van der Waals surface area contributed by atoms with E-state index in [1.54, 1.807) is 36.7 Å². The van der Waals surface area contributed by atoms with Gasteiger partial charge in [-0.3, -0.25) is 24.4 Å². The molecule has 0 saturated heterocycles. The highest BCUT2D eigenvalue weighted by molar-refractivity contribution is 6.13. The van der Waals surface area contributed by atoms with Gasteiger partial charge in [0.1, 0.15) is 5.70 Å². The zero-order valence-electron chi connectivity index (χ0n) is 15.7. The lowest BCUT2D eigenvalue weighted by Gasteiger charge is -2.08. The van der Waals surface area contributed by atoms with Crippen molar-refractivity contribution in [1.29, 1.82) is 0 Å². The molecule has 0 saturated carbocycles. The number of aromatic nitrogens is 1. The van der Waals surface area contributed by atoms with E-state index in [1.807, 2.05) is 13.0 Å². The summed E-state index contributed by atoms with van der Waals surface area (Å²) in [6, 6.07) is 8.84. The number of nitrogens with one attached hydrogen (secondary N) is 2. The highest BCUT2D eigenvalue weighted by Crippen LogP contribution is 2.19. The maximum Gasteiger partial charge on any atom is 0.270 e. The normalized spacial score (nSPS) is 12.8. The van der Waals surface area contributed by atoms with Crippen LogP contribution < -0.4 is 10.6 Å². The lowest BCUT2D eigenvalue weighted by molar-refractivity contribution is -0.118. The van der Waals surface area contributed by atoms with E-state index in [2.05, 4.69) is 20.6 Å². The van der Waals surface area contributed by atoms with Crippen LogP contribution in [0.3, 0.4) is 0 Å². The molecule has 7 nitrogen and oxygen atoms in total. The van der Waals surface area contributed by atoms with Crippen LogP contribution in [0, 0.1) is 6.92 Å². The number of Topliss-reactive ketones (excluding diaryl/α,β-unsaturated/α-hetero) is 1. The first kappa shape index (κ1) is 19.2. The predicted octanol–water partition coefficient (Wildman–Crippen LogP) is 2.23. The van der Waals surface area contributed by atoms with Crippen molar-refractivity contribution >= 4 is 29.5 Å². The number of aryl methyl sites for hydroxylation is 1. The summed E-state index contributed by atoms with van der Waals surface area (Å²) in [7, 11) is 1.49. The van der Waals surface area contributed by atoms with Crippen molar-refractivity contribution < 1.29 is 14.4 Å². The van der Waals surface area contributed by atoms with Crippen LogP contribution in [0.2, 0.25) is 0 Å². The molecule has 0 radical (unpaired) electrons. The highest BCUT2D eigenvalue weighted by atomic mass is 16.2. The number of benzene rings is 1. The van der Waals surface area contributed by atoms with Gasteiger partial charge in [-0.1, -0.05) is 12.1 Å². The number of pyridine rings is 1. The quantitative estimate of drug-likeness (QED) is 0.755. The fraction of sp³-hybridized carbons (Fsp3) is 0.190. The van der Waals surface area contributed by atoms with Gasteiger partial charge < -0.3 is 10.6 Å². The molecule has 0 bridgehead atoms. The summed E-state index contributed by atoms with van der Waals surface area (Å²) in [5.41, 5.74) is 3.38. The summed E-state index contributed by atoms with van der Waals surface area (Å²) in [4.78, 5) is 44.6. The topological polar surface area (TPSA) is 101 Å². The number of carbonyl (C=O) groups excluding carboxylic acids is 3. The Bertz CT molecular complexity index is 991. The fourth-order valence-electron chi connectivity index (χ4n) is 2.82. The van der Waals surface area contributed by atoms with E-state index in [0.29, 0.717) is 23.2 Å². The first-order valence-electron chi connectivity index (χ1n) is 8.81. The number of likely N-dealkylation sites (N-methyl/N-ethyl adjacent to an activating group) is 1. The van der Waals surface area contributed by atoms with Crippen molar-refractivity contribution in [1.82, 2.24) is 10.3 Å². The molecule has 0 atom stereocenters. The largest absolute Gasteiger partial charge is 0.354 e. The molecule has 1 aromatic carbocycles. The molecule has 2 aromatic rings. The van der Waals surface area contributed by atoms with Gasteiger partial charge in [0.25, 0.3) is 11.8 Å². The molecular weight excluding hydrogens is 356 g/mol. The molecule has 2 N–H and O–H groups in total. The van der Waals surface area contributed by atoms with E-state index in [0.717, 1.165) is 11.1 Å². The minimum atomic E-state index is -0.390. The van der Waals surface area contributed by atoms with Crippen molar-refractivity contribution in [3.8, 4) is 0 Å². The summed E-state index contributed by atoms with van der Waals surface area (Å²) < 4.78 is 0. The first-order chi connectivity index (χ1) is 13.5. The van der Waals surface area contributed by atoms with Gasteiger partial charge in [0.15, 0.2) is 5.78 Å². The SMILES string of the molecule is CNC(=O)C1=C(C(=O)Nc2ccc(CC(=O)c3cncc(C)c3)cc2)CC=N1. The molecule has 1 aliphatic rings. The molecule has 28 heavy (non-hydrogen) atoms. The Morgan fingerprint density at radius 1 is 1.07 bits per heavy atom. The van der Waals surface area contributed by atoms with E-state index in [1.165, 1.54) is 13.3 Å². The lowest BCUT2D eigenvalue weighted by atomic mass is 10.0. The van der Waals surface area contributed by atoms with Crippen molar-refractivity contribution in [2.24, 2.45) is 4.99 Å². The van der Waals surface area contributed by atoms with Crippen LogP contribution in [0.1, 0.15) is 27.9 Å². The molecule has 1 aliphatic heterocycles. The standard InChI is InChI=1S/C21H20N4O3/c1-13-9-15(12-23-11-13)18(26)10-14-3-5-16(6-4-14)25-20(27)17-7-8-24-19(17)21(28)22-2/h3-6,8-9,11-12H,7,10H2,1-2H3,(H,22,28)(H,25,27). The molecule has 0 fully saturated rings. The van der Waals surface area contributed by atoms with E-state index in [-0.39, 0.29) is 23.8 Å². The Kier molecular flexibility index (Phi) is 5.74. The number of rotatable bonds is 6. The molecular formula is C21H20N4O3. The minimum absolute atomic E-state index is 0.0172. The van der Waals surface area contributed by atoms with Crippen molar-refractivity contribution in [3.05, 3.63) is 70.7 Å². The first-order valence-corrected chi connectivity index (χ1v) is 8.81. The molecule has 0 unspecified atom stereocenters. The molecule has 7 heteroatoms. The molecule has 3 rings (SSSR count). The number of amides is 2. The summed E-state index contributed by atoms with van der Waals surface area (Å²) in [6.45, 7) is 1.89. The van der Waals surface area contributed by atoms with Crippen molar-refractivity contribution in [2.45, 2.75) is 19.8 Å². The average Bonchev–Trinajstić information content (AvgIpc) is 3.19. The lowest BCUT2D eigenvalue weighted by Crippen LogP contribution is -2.23. The number of anilines is 1. The molecule has 0 spiro atoms. The Morgan fingerprint density at radius 2 is 1.82 bits per heavy atom. The van der Waals surface area contributed by atoms with E-state index < -0.39 is 5.91 Å². The second kappa shape index (κ2) is 8.39. The number of nitrogens with zero attached hydrogens (tertiary/aromatic N) is 2. The number of carbonyl (C=O) groups is 3. The Morgan fingerprint density at radius 3 is 2.50 bits per heavy atom. The highest BCUT2D eigenvalue weighted by Gasteiger charge is 2.23. The van der Waals surface area contributed by atoms with Crippen molar-refractivity contribution in [2.75, 3.05) is 12.4 Å². The Labute approximate surface area is 162 Å². The van der Waals surface area contributed by atoms with Gasteiger partial charge in [0, 0.05) is 49.7 Å². The number of ketones is 1. The van der Waals surface area contributed by atoms with Crippen LogP contribution in [0.4, 0.5) is 5.69 Å². The van der Waals surface area contributed by atoms with E-state index in [4.69, 9.17) is 0 Å². The smallest absolute Gasteiger partial charge is 0.270 e. The Hall–Kier alpha value is -3.61. The van der Waals surface area contributed by atoms with Gasteiger partial charge in [-0.05, 0) is 36.2 Å². The third-order valence-electron chi connectivity index (χ3n) is 4.29. The molecule has 2 heterocycles.